The van der Waals surface area contributed by atoms with Gasteiger partial charge in [-0.25, -0.2) is 8.42 Å². The molecule has 6 heteroatoms. The molecule has 0 radical (unpaired) electrons. The zero-order valence-electron chi connectivity index (χ0n) is 10.2. The van der Waals surface area contributed by atoms with Crippen LogP contribution in [0.2, 0.25) is 0 Å². The number of sulfonamides is 1. The topological polar surface area (TPSA) is 46.6 Å². The first-order chi connectivity index (χ1) is 8.59. The molecule has 1 aromatic rings. The Bertz CT molecular complexity index is 518. The maximum Gasteiger partial charge on any atom is 0.243 e. The van der Waals surface area contributed by atoms with E-state index in [1.165, 1.54) is 4.31 Å². The van der Waals surface area contributed by atoms with Crippen molar-refractivity contribution in [2.45, 2.75) is 23.3 Å². The molecule has 0 amide bonds. The average Bonchev–Trinajstić information content (AvgIpc) is 2.88. The molecule has 1 unspecified atom stereocenters. The third kappa shape index (κ3) is 2.54. The summed E-state index contributed by atoms with van der Waals surface area (Å²) in [7, 11) is -1.85. The van der Waals surface area contributed by atoms with Gasteiger partial charge < -0.3 is 4.74 Å². The van der Waals surface area contributed by atoms with Gasteiger partial charge in [-0.15, -0.1) is 11.6 Å². The van der Waals surface area contributed by atoms with Crippen molar-refractivity contribution in [3.63, 3.8) is 0 Å². The Morgan fingerprint density at radius 3 is 2.78 bits per heavy atom. The van der Waals surface area contributed by atoms with Crippen LogP contribution in [0.5, 0.6) is 0 Å². The van der Waals surface area contributed by atoms with Crippen LogP contribution in [0.25, 0.3) is 0 Å². The summed E-state index contributed by atoms with van der Waals surface area (Å²) < 4.78 is 31.6. The molecule has 2 rings (SSSR count). The Morgan fingerprint density at radius 1 is 1.44 bits per heavy atom. The lowest BCUT2D eigenvalue weighted by Gasteiger charge is -2.18. The highest BCUT2D eigenvalue weighted by Crippen LogP contribution is 2.25. The summed E-state index contributed by atoms with van der Waals surface area (Å²) in [6, 6.07) is 6.85. The molecule has 1 saturated heterocycles. The van der Waals surface area contributed by atoms with Gasteiger partial charge in [-0.05, 0) is 18.1 Å². The monoisotopic (exact) mass is 289 g/mol. The summed E-state index contributed by atoms with van der Waals surface area (Å²) in [4.78, 5) is 0.303. The van der Waals surface area contributed by atoms with Gasteiger partial charge in [0.1, 0.15) is 0 Å². The van der Waals surface area contributed by atoms with E-state index in [2.05, 4.69) is 0 Å². The number of benzene rings is 1. The van der Waals surface area contributed by atoms with Crippen LogP contribution < -0.4 is 0 Å². The van der Waals surface area contributed by atoms with E-state index < -0.39 is 10.0 Å². The second-order valence-corrected chi connectivity index (χ2v) is 6.42. The van der Waals surface area contributed by atoms with Gasteiger partial charge in [-0.3, -0.25) is 0 Å². The van der Waals surface area contributed by atoms with E-state index in [-0.39, 0.29) is 12.0 Å². The van der Waals surface area contributed by atoms with E-state index in [1.807, 2.05) is 0 Å². The lowest BCUT2D eigenvalue weighted by atomic mass is 10.2. The molecule has 0 aliphatic carbocycles. The number of methoxy groups -OCH3 is 1. The third-order valence-corrected chi connectivity index (χ3v) is 5.43. The number of rotatable bonds is 4. The summed E-state index contributed by atoms with van der Waals surface area (Å²) in [5, 5.41) is 0. The number of hydrogen-bond donors (Lipinski definition) is 0. The second-order valence-electron chi connectivity index (χ2n) is 4.25. The zero-order valence-corrected chi connectivity index (χ0v) is 11.7. The Morgan fingerprint density at radius 2 is 2.17 bits per heavy atom. The predicted octanol–water partition coefficient (Wildman–Crippen LogP) is 1.83. The minimum Gasteiger partial charge on any atom is -0.380 e. The van der Waals surface area contributed by atoms with E-state index in [0.717, 1.165) is 6.42 Å². The fraction of sp³-hybridized carbons (Fsp3) is 0.500. The quantitative estimate of drug-likeness (QED) is 0.795. The molecule has 0 N–H and O–H groups in total. The molecule has 1 fully saturated rings. The Balaban J connectivity index is 2.31. The van der Waals surface area contributed by atoms with Crippen molar-refractivity contribution in [3.8, 4) is 0 Å². The molecule has 1 aliphatic heterocycles. The highest BCUT2D eigenvalue weighted by molar-refractivity contribution is 7.89. The first kappa shape index (κ1) is 13.8. The van der Waals surface area contributed by atoms with Crippen molar-refractivity contribution < 1.29 is 13.2 Å². The molecule has 1 heterocycles. The van der Waals surface area contributed by atoms with Crippen molar-refractivity contribution in [3.05, 3.63) is 29.8 Å². The normalized spacial score (nSPS) is 21.3. The van der Waals surface area contributed by atoms with Crippen LogP contribution in [-0.4, -0.2) is 39.0 Å². The van der Waals surface area contributed by atoms with Crippen LogP contribution in [0.4, 0.5) is 0 Å². The van der Waals surface area contributed by atoms with E-state index in [1.54, 1.807) is 31.4 Å². The fourth-order valence-corrected chi connectivity index (χ4v) is 4.13. The average molecular weight is 290 g/mol. The van der Waals surface area contributed by atoms with Crippen molar-refractivity contribution in [2.75, 3.05) is 20.2 Å². The number of nitrogens with zero attached hydrogens (tertiary/aromatic N) is 1. The van der Waals surface area contributed by atoms with E-state index in [0.29, 0.717) is 23.5 Å². The first-order valence-electron chi connectivity index (χ1n) is 5.76. The van der Waals surface area contributed by atoms with Gasteiger partial charge in [-0.2, -0.15) is 4.31 Å². The largest absolute Gasteiger partial charge is 0.380 e. The fourth-order valence-electron chi connectivity index (χ4n) is 2.11. The smallest absolute Gasteiger partial charge is 0.243 e. The SMILES string of the molecule is COC1CCN(S(=O)(=O)c2ccccc2CCl)C1. The molecule has 1 aromatic carbocycles. The van der Waals surface area contributed by atoms with Crippen molar-refractivity contribution in [1.29, 1.82) is 0 Å². The molecule has 100 valence electrons. The van der Waals surface area contributed by atoms with Gasteiger partial charge >= 0.3 is 0 Å². The maximum atomic E-state index is 12.5. The van der Waals surface area contributed by atoms with Crippen LogP contribution in [0, 0.1) is 0 Å². The minimum absolute atomic E-state index is 0.0112. The zero-order chi connectivity index (χ0) is 13.2. The Kier molecular flexibility index (Phi) is 4.27. The molecular formula is C12H16ClNO3S. The summed E-state index contributed by atoms with van der Waals surface area (Å²) in [5.41, 5.74) is 0.639. The minimum atomic E-state index is -3.46. The molecule has 0 saturated carbocycles. The summed E-state index contributed by atoms with van der Waals surface area (Å²) in [5.74, 6) is 0.191. The highest BCUT2D eigenvalue weighted by atomic mass is 35.5. The predicted molar refractivity (Wildman–Crippen MR) is 70.2 cm³/mol. The highest BCUT2D eigenvalue weighted by Gasteiger charge is 2.33. The van der Waals surface area contributed by atoms with Crippen LogP contribution in [0.15, 0.2) is 29.2 Å². The lowest BCUT2D eigenvalue weighted by molar-refractivity contribution is 0.115. The Labute approximate surface area is 113 Å². The molecular weight excluding hydrogens is 274 g/mol. The van der Waals surface area contributed by atoms with Crippen molar-refractivity contribution in [2.24, 2.45) is 0 Å². The van der Waals surface area contributed by atoms with E-state index in [9.17, 15) is 8.42 Å². The van der Waals surface area contributed by atoms with Crippen molar-refractivity contribution >= 4 is 21.6 Å². The number of halogens is 1. The van der Waals surface area contributed by atoms with Crippen LogP contribution in [0.1, 0.15) is 12.0 Å². The van der Waals surface area contributed by atoms with Gasteiger partial charge in [0.25, 0.3) is 0 Å². The first-order valence-corrected chi connectivity index (χ1v) is 7.74. The molecule has 0 aromatic heterocycles. The van der Waals surface area contributed by atoms with Crippen LogP contribution in [-0.2, 0) is 20.6 Å². The molecule has 0 spiro atoms. The van der Waals surface area contributed by atoms with Crippen LogP contribution >= 0.6 is 11.6 Å². The van der Waals surface area contributed by atoms with Gasteiger partial charge in [0, 0.05) is 26.1 Å². The third-order valence-electron chi connectivity index (χ3n) is 3.18. The summed E-state index contributed by atoms with van der Waals surface area (Å²) in [6.45, 7) is 0.910. The van der Waals surface area contributed by atoms with Gasteiger partial charge in [0.05, 0.1) is 11.0 Å². The number of alkyl halides is 1. The maximum absolute atomic E-state index is 12.5. The number of ether oxygens (including phenoxy) is 1. The number of hydrogen-bond acceptors (Lipinski definition) is 3. The Hall–Kier alpha value is -0.620. The van der Waals surface area contributed by atoms with Gasteiger partial charge in [0.2, 0.25) is 10.0 Å². The standard InChI is InChI=1S/C12H16ClNO3S/c1-17-11-6-7-14(9-11)18(15,16)12-5-3-2-4-10(12)8-13/h2-5,11H,6-9H2,1H3. The molecule has 4 nitrogen and oxygen atoms in total. The molecule has 18 heavy (non-hydrogen) atoms. The van der Waals surface area contributed by atoms with Gasteiger partial charge in [0.15, 0.2) is 0 Å². The van der Waals surface area contributed by atoms with Crippen molar-refractivity contribution in [1.82, 2.24) is 4.31 Å². The lowest BCUT2D eigenvalue weighted by Crippen LogP contribution is -2.30. The second kappa shape index (κ2) is 5.57. The van der Waals surface area contributed by atoms with Crippen LogP contribution in [0.3, 0.4) is 0 Å². The van der Waals surface area contributed by atoms with Gasteiger partial charge in [-0.1, -0.05) is 18.2 Å². The van der Waals surface area contributed by atoms with E-state index in [4.69, 9.17) is 16.3 Å². The summed E-state index contributed by atoms with van der Waals surface area (Å²) >= 11 is 5.79. The molecule has 0 bridgehead atoms. The summed E-state index contributed by atoms with van der Waals surface area (Å²) in [6.07, 6.45) is 0.724. The van der Waals surface area contributed by atoms with E-state index >= 15 is 0 Å². The molecule has 1 aliphatic rings. The molecule has 1 atom stereocenters.